The Morgan fingerprint density at radius 1 is 1.47 bits per heavy atom. The number of amides is 2. The summed E-state index contributed by atoms with van der Waals surface area (Å²) in [5.41, 5.74) is 0. The van der Waals surface area contributed by atoms with Gasteiger partial charge in [-0.25, -0.2) is 0 Å². The predicted molar refractivity (Wildman–Crippen MR) is 55.2 cm³/mol. The zero-order chi connectivity index (χ0) is 10.8. The molecule has 0 saturated carbocycles. The van der Waals surface area contributed by atoms with E-state index in [1.807, 2.05) is 0 Å². The molecule has 2 saturated heterocycles. The monoisotopic (exact) mass is 211 g/mol. The molecule has 2 aliphatic rings. The molecule has 0 bridgehead atoms. The van der Waals surface area contributed by atoms with Gasteiger partial charge >= 0.3 is 0 Å². The van der Waals surface area contributed by atoms with Gasteiger partial charge in [-0.05, 0) is 18.9 Å². The quantitative estimate of drug-likeness (QED) is 0.581. The maximum Gasteiger partial charge on any atom is 0.240 e. The second-order valence-electron chi connectivity index (χ2n) is 4.31. The molecule has 5 heteroatoms. The molecule has 2 aliphatic heterocycles. The predicted octanol–water partition coefficient (Wildman–Crippen LogP) is -1.06. The fraction of sp³-hybridized carbons (Fsp3) is 0.800. The molecule has 84 valence electrons. The molecule has 2 amide bonds. The molecule has 0 aromatic heterocycles. The SMILES string of the molecule is CC1CCNC1C(=O)N1CCNC(=O)C1. The lowest BCUT2D eigenvalue weighted by Crippen LogP contribution is -2.55. The number of nitrogens with zero attached hydrogens (tertiary/aromatic N) is 1. The van der Waals surface area contributed by atoms with Crippen LogP contribution in [-0.4, -0.2) is 48.9 Å². The summed E-state index contributed by atoms with van der Waals surface area (Å²) >= 11 is 0. The van der Waals surface area contributed by atoms with Gasteiger partial charge in [0.15, 0.2) is 0 Å². The van der Waals surface area contributed by atoms with Crippen molar-refractivity contribution in [3.05, 3.63) is 0 Å². The van der Waals surface area contributed by atoms with E-state index in [0.717, 1.165) is 13.0 Å². The van der Waals surface area contributed by atoms with Gasteiger partial charge in [-0.3, -0.25) is 9.59 Å². The minimum atomic E-state index is -0.0871. The number of rotatable bonds is 1. The lowest BCUT2D eigenvalue weighted by atomic mass is 10.0. The van der Waals surface area contributed by atoms with Crippen LogP contribution >= 0.6 is 0 Å². The number of carbonyl (C=O) groups is 2. The van der Waals surface area contributed by atoms with Gasteiger partial charge in [0.25, 0.3) is 0 Å². The Hall–Kier alpha value is -1.10. The summed E-state index contributed by atoms with van der Waals surface area (Å²) in [4.78, 5) is 24.8. The lowest BCUT2D eigenvalue weighted by molar-refractivity contribution is -0.140. The Kier molecular flexibility index (Phi) is 2.90. The number of hydrogen-bond donors (Lipinski definition) is 2. The molecule has 15 heavy (non-hydrogen) atoms. The molecule has 0 aliphatic carbocycles. The molecule has 2 unspecified atom stereocenters. The van der Waals surface area contributed by atoms with Crippen LogP contribution in [0.2, 0.25) is 0 Å². The van der Waals surface area contributed by atoms with Crippen molar-refractivity contribution >= 4 is 11.8 Å². The summed E-state index contributed by atoms with van der Waals surface area (Å²) in [6.45, 7) is 4.40. The number of piperazine rings is 1. The van der Waals surface area contributed by atoms with Gasteiger partial charge in [-0.1, -0.05) is 6.92 Å². The first-order valence-corrected chi connectivity index (χ1v) is 5.47. The third kappa shape index (κ3) is 2.12. The highest BCUT2D eigenvalue weighted by molar-refractivity contribution is 5.88. The summed E-state index contributed by atoms with van der Waals surface area (Å²) in [6, 6.07) is -0.0871. The summed E-state index contributed by atoms with van der Waals surface area (Å²) in [5.74, 6) is 0.401. The van der Waals surface area contributed by atoms with Crippen molar-refractivity contribution in [2.75, 3.05) is 26.2 Å². The van der Waals surface area contributed by atoms with Crippen LogP contribution in [0.15, 0.2) is 0 Å². The van der Waals surface area contributed by atoms with Gasteiger partial charge in [0.2, 0.25) is 11.8 Å². The second kappa shape index (κ2) is 4.18. The van der Waals surface area contributed by atoms with Crippen LogP contribution in [0, 0.1) is 5.92 Å². The van der Waals surface area contributed by atoms with E-state index < -0.39 is 0 Å². The average molecular weight is 211 g/mol. The molecular weight excluding hydrogens is 194 g/mol. The average Bonchev–Trinajstić information content (AvgIpc) is 2.63. The van der Waals surface area contributed by atoms with Crippen LogP contribution in [0.1, 0.15) is 13.3 Å². The van der Waals surface area contributed by atoms with Gasteiger partial charge < -0.3 is 15.5 Å². The molecule has 2 N–H and O–H groups in total. The van der Waals surface area contributed by atoms with E-state index in [2.05, 4.69) is 17.6 Å². The number of carbonyl (C=O) groups excluding carboxylic acids is 2. The fourth-order valence-corrected chi connectivity index (χ4v) is 2.19. The van der Waals surface area contributed by atoms with Crippen molar-refractivity contribution in [1.82, 2.24) is 15.5 Å². The molecular formula is C10H17N3O2. The summed E-state index contributed by atoms with van der Waals surface area (Å²) in [5, 5.41) is 5.91. The third-order valence-electron chi connectivity index (χ3n) is 3.15. The van der Waals surface area contributed by atoms with Crippen molar-refractivity contribution in [2.24, 2.45) is 5.92 Å². The Labute approximate surface area is 89.2 Å². The number of nitrogens with one attached hydrogen (secondary N) is 2. The van der Waals surface area contributed by atoms with E-state index in [1.165, 1.54) is 0 Å². The first-order chi connectivity index (χ1) is 7.18. The van der Waals surface area contributed by atoms with Gasteiger partial charge in [0, 0.05) is 13.1 Å². The standard InChI is InChI=1S/C10H17N3O2/c1-7-2-3-12-9(7)10(15)13-5-4-11-8(14)6-13/h7,9,12H,2-6H2,1H3,(H,11,14). The fourth-order valence-electron chi connectivity index (χ4n) is 2.19. The molecule has 0 radical (unpaired) electrons. The molecule has 2 rings (SSSR count). The minimum absolute atomic E-state index is 0.0553. The summed E-state index contributed by atoms with van der Waals surface area (Å²) in [7, 11) is 0. The van der Waals surface area contributed by atoms with Crippen molar-refractivity contribution < 1.29 is 9.59 Å². The Morgan fingerprint density at radius 2 is 2.27 bits per heavy atom. The van der Waals surface area contributed by atoms with Gasteiger partial charge in [-0.15, -0.1) is 0 Å². The normalized spacial score (nSPS) is 31.5. The van der Waals surface area contributed by atoms with Gasteiger partial charge in [0.05, 0.1) is 12.6 Å². The van der Waals surface area contributed by atoms with Crippen LogP contribution in [0.5, 0.6) is 0 Å². The summed E-state index contributed by atoms with van der Waals surface area (Å²) < 4.78 is 0. The molecule has 0 aromatic carbocycles. The van der Waals surface area contributed by atoms with Crippen LogP contribution in [0.3, 0.4) is 0 Å². The number of hydrogen-bond acceptors (Lipinski definition) is 3. The van der Waals surface area contributed by atoms with Crippen LogP contribution in [0.4, 0.5) is 0 Å². The van der Waals surface area contributed by atoms with Gasteiger partial charge in [0.1, 0.15) is 0 Å². The van der Waals surface area contributed by atoms with Crippen LogP contribution in [0.25, 0.3) is 0 Å². The largest absolute Gasteiger partial charge is 0.353 e. The molecule has 0 spiro atoms. The third-order valence-corrected chi connectivity index (χ3v) is 3.15. The first kappa shape index (κ1) is 10.4. The Bertz CT molecular complexity index is 280. The molecule has 2 heterocycles. The van der Waals surface area contributed by atoms with Crippen molar-refractivity contribution in [2.45, 2.75) is 19.4 Å². The zero-order valence-electron chi connectivity index (χ0n) is 8.95. The Balaban J connectivity index is 1.97. The maximum atomic E-state index is 12.0. The molecule has 0 aromatic rings. The van der Waals surface area contributed by atoms with E-state index in [4.69, 9.17) is 0 Å². The van der Waals surface area contributed by atoms with Crippen LogP contribution < -0.4 is 10.6 Å². The van der Waals surface area contributed by atoms with E-state index in [0.29, 0.717) is 19.0 Å². The highest BCUT2D eigenvalue weighted by Gasteiger charge is 2.33. The Morgan fingerprint density at radius 3 is 2.87 bits per heavy atom. The molecule has 2 atom stereocenters. The van der Waals surface area contributed by atoms with E-state index >= 15 is 0 Å². The first-order valence-electron chi connectivity index (χ1n) is 5.47. The zero-order valence-corrected chi connectivity index (χ0v) is 8.95. The van der Waals surface area contributed by atoms with Crippen LogP contribution in [-0.2, 0) is 9.59 Å². The van der Waals surface area contributed by atoms with E-state index in [1.54, 1.807) is 4.90 Å². The topological polar surface area (TPSA) is 61.4 Å². The second-order valence-corrected chi connectivity index (χ2v) is 4.31. The summed E-state index contributed by atoms with van der Waals surface area (Å²) in [6.07, 6.45) is 1.04. The van der Waals surface area contributed by atoms with E-state index in [-0.39, 0.29) is 24.4 Å². The van der Waals surface area contributed by atoms with Crippen molar-refractivity contribution in [1.29, 1.82) is 0 Å². The molecule has 2 fully saturated rings. The molecule has 5 nitrogen and oxygen atoms in total. The van der Waals surface area contributed by atoms with Crippen molar-refractivity contribution in [3.63, 3.8) is 0 Å². The minimum Gasteiger partial charge on any atom is -0.353 e. The highest BCUT2D eigenvalue weighted by Crippen LogP contribution is 2.16. The van der Waals surface area contributed by atoms with E-state index in [9.17, 15) is 9.59 Å². The maximum absolute atomic E-state index is 12.0. The lowest BCUT2D eigenvalue weighted by Gasteiger charge is -2.30. The highest BCUT2D eigenvalue weighted by atomic mass is 16.2. The smallest absolute Gasteiger partial charge is 0.240 e. The van der Waals surface area contributed by atoms with Crippen molar-refractivity contribution in [3.8, 4) is 0 Å². The van der Waals surface area contributed by atoms with Gasteiger partial charge in [-0.2, -0.15) is 0 Å².